The maximum absolute atomic E-state index is 12.4. The zero-order chi connectivity index (χ0) is 20.1. The van der Waals surface area contributed by atoms with E-state index in [9.17, 15) is 4.79 Å². The van der Waals surface area contributed by atoms with E-state index in [0.29, 0.717) is 16.6 Å². The summed E-state index contributed by atoms with van der Waals surface area (Å²) in [5.74, 6) is 1.13. The molecule has 3 aromatic rings. The van der Waals surface area contributed by atoms with Crippen LogP contribution in [0.25, 0.3) is 11.3 Å². The first-order valence-electron chi connectivity index (χ1n) is 8.75. The number of ether oxygens (including phenoxy) is 2. The van der Waals surface area contributed by atoms with Gasteiger partial charge in [-0.25, -0.2) is 4.98 Å². The molecule has 28 heavy (non-hydrogen) atoms. The maximum atomic E-state index is 12.4. The maximum Gasteiger partial charge on any atom is 0.245 e. The van der Waals surface area contributed by atoms with Crippen LogP contribution in [0.2, 0.25) is 0 Å². The number of nitrogens with one attached hydrogen (secondary N) is 1. The van der Waals surface area contributed by atoms with Crippen molar-refractivity contribution in [2.45, 2.75) is 6.92 Å². The first-order chi connectivity index (χ1) is 13.5. The predicted octanol–water partition coefficient (Wildman–Crippen LogP) is 4.21. The molecule has 0 saturated carbocycles. The fourth-order valence-corrected chi connectivity index (χ4v) is 3.45. The Kier molecular flexibility index (Phi) is 6.16. The summed E-state index contributed by atoms with van der Waals surface area (Å²) in [6, 6.07) is 13.7. The van der Waals surface area contributed by atoms with Crippen LogP contribution in [0, 0.1) is 6.92 Å². The molecule has 0 fully saturated rings. The Balaban J connectivity index is 1.63. The summed E-state index contributed by atoms with van der Waals surface area (Å²) in [6.45, 7) is 2.24. The number of benzene rings is 2. The number of anilines is 2. The zero-order valence-electron chi connectivity index (χ0n) is 16.4. The number of methoxy groups -OCH3 is 2. The lowest BCUT2D eigenvalue weighted by molar-refractivity contribution is -0.114. The largest absolute Gasteiger partial charge is 0.493 e. The molecule has 0 radical (unpaired) electrons. The molecule has 0 aliphatic heterocycles. The molecule has 0 spiro atoms. The van der Waals surface area contributed by atoms with Crippen molar-refractivity contribution in [2.75, 3.05) is 38.0 Å². The summed E-state index contributed by atoms with van der Waals surface area (Å²) in [7, 11) is 5.02. The molecule has 0 aliphatic rings. The number of aromatic nitrogens is 1. The van der Waals surface area contributed by atoms with Crippen LogP contribution in [0.15, 0.2) is 47.8 Å². The summed E-state index contributed by atoms with van der Waals surface area (Å²) < 4.78 is 10.6. The molecule has 7 heteroatoms. The van der Waals surface area contributed by atoms with Crippen LogP contribution in [0.5, 0.6) is 11.5 Å². The van der Waals surface area contributed by atoms with Gasteiger partial charge in [-0.1, -0.05) is 29.8 Å². The summed E-state index contributed by atoms with van der Waals surface area (Å²) in [5.41, 5.74) is 3.94. The lowest BCUT2D eigenvalue weighted by Crippen LogP contribution is -2.30. The van der Waals surface area contributed by atoms with Gasteiger partial charge in [0, 0.05) is 29.7 Å². The van der Waals surface area contributed by atoms with Gasteiger partial charge in [0.2, 0.25) is 5.91 Å². The molecule has 2 aromatic carbocycles. The molecule has 0 saturated heterocycles. The van der Waals surface area contributed by atoms with E-state index in [1.807, 2.05) is 66.7 Å². The van der Waals surface area contributed by atoms with E-state index < -0.39 is 0 Å². The van der Waals surface area contributed by atoms with Gasteiger partial charge in [-0.05, 0) is 19.1 Å². The van der Waals surface area contributed by atoms with Gasteiger partial charge in [-0.2, -0.15) is 0 Å². The second-order valence-corrected chi connectivity index (χ2v) is 7.21. The van der Waals surface area contributed by atoms with Gasteiger partial charge in [0.05, 0.1) is 26.5 Å². The van der Waals surface area contributed by atoms with Crippen LogP contribution in [-0.2, 0) is 4.79 Å². The first-order valence-corrected chi connectivity index (χ1v) is 9.63. The van der Waals surface area contributed by atoms with Crippen molar-refractivity contribution in [1.29, 1.82) is 0 Å². The molecule has 0 unspecified atom stereocenters. The Morgan fingerprint density at radius 1 is 1.11 bits per heavy atom. The third-order valence-electron chi connectivity index (χ3n) is 4.29. The van der Waals surface area contributed by atoms with E-state index in [1.54, 1.807) is 14.2 Å². The predicted molar refractivity (Wildman–Crippen MR) is 114 cm³/mol. The fraction of sp³-hybridized carbons (Fsp3) is 0.238. The number of amides is 1. The summed E-state index contributed by atoms with van der Waals surface area (Å²) in [6.07, 6.45) is 0. The van der Waals surface area contributed by atoms with Gasteiger partial charge < -0.3 is 19.7 Å². The standard InChI is InChI=1S/C21H23N3O3S/c1-14-5-7-15(8-6-14)17-13-28-21(22-17)23-20(25)12-24(2)16-9-10-18(26-3)19(11-16)27-4/h5-11,13H,12H2,1-4H3,(H,22,23,25). The van der Waals surface area contributed by atoms with E-state index in [2.05, 4.69) is 10.3 Å². The minimum absolute atomic E-state index is 0.137. The lowest BCUT2D eigenvalue weighted by atomic mass is 10.1. The Morgan fingerprint density at radius 3 is 2.50 bits per heavy atom. The molecule has 1 amide bonds. The molecule has 0 aliphatic carbocycles. The number of nitrogens with zero attached hydrogens (tertiary/aromatic N) is 2. The van der Waals surface area contributed by atoms with Gasteiger partial charge in [0.25, 0.3) is 0 Å². The molecule has 0 bridgehead atoms. The van der Waals surface area contributed by atoms with Gasteiger partial charge in [0.1, 0.15) is 0 Å². The molecular weight excluding hydrogens is 374 g/mol. The molecule has 1 heterocycles. The normalized spacial score (nSPS) is 10.4. The van der Waals surface area contributed by atoms with Crippen molar-refractivity contribution in [3.63, 3.8) is 0 Å². The highest BCUT2D eigenvalue weighted by Gasteiger charge is 2.13. The fourth-order valence-electron chi connectivity index (χ4n) is 2.72. The average molecular weight is 398 g/mol. The van der Waals surface area contributed by atoms with Crippen LogP contribution in [0.4, 0.5) is 10.8 Å². The molecule has 1 N–H and O–H groups in total. The smallest absolute Gasteiger partial charge is 0.245 e. The van der Waals surface area contributed by atoms with Crippen molar-refractivity contribution in [2.24, 2.45) is 0 Å². The third kappa shape index (κ3) is 4.61. The lowest BCUT2D eigenvalue weighted by Gasteiger charge is -2.20. The summed E-state index contributed by atoms with van der Waals surface area (Å²) in [4.78, 5) is 18.8. The van der Waals surface area contributed by atoms with Crippen molar-refractivity contribution in [3.8, 4) is 22.8 Å². The molecule has 6 nitrogen and oxygen atoms in total. The third-order valence-corrected chi connectivity index (χ3v) is 5.04. The van der Waals surface area contributed by atoms with Crippen molar-refractivity contribution < 1.29 is 14.3 Å². The number of hydrogen-bond donors (Lipinski definition) is 1. The van der Waals surface area contributed by atoms with E-state index in [0.717, 1.165) is 16.9 Å². The van der Waals surface area contributed by atoms with Gasteiger partial charge in [-0.15, -0.1) is 11.3 Å². The van der Waals surface area contributed by atoms with Crippen LogP contribution >= 0.6 is 11.3 Å². The Hall–Kier alpha value is -3.06. The quantitative estimate of drug-likeness (QED) is 0.647. The Labute approximate surface area is 168 Å². The summed E-state index contributed by atoms with van der Waals surface area (Å²) >= 11 is 1.41. The van der Waals surface area contributed by atoms with E-state index in [-0.39, 0.29) is 12.5 Å². The van der Waals surface area contributed by atoms with Crippen molar-refractivity contribution >= 4 is 28.1 Å². The minimum Gasteiger partial charge on any atom is -0.493 e. The van der Waals surface area contributed by atoms with E-state index >= 15 is 0 Å². The van der Waals surface area contributed by atoms with Gasteiger partial charge >= 0.3 is 0 Å². The molecule has 1 aromatic heterocycles. The average Bonchev–Trinajstić information content (AvgIpc) is 3.16. The van der Waals surface area contributed by atoms with Crippen LogP contribution in [-0.4, -0.2) is 38.7 Å². The molecular formula is C21H23N3O3S. The van der Waals surface area contributed by atoms with E-state index in [1.165, 1.54) is 16.9 Å². The highest BCUT2D eigenvalue weighted by atomic mass is 32.1. The Bertz CT molecular complexity index is 954. The monoisotopic (exact) mass is 397 g/mol. The number of rotatable bonds is 7. The topological polar surface area (TPSA) is 63.7 Å². The highest BCUT2D eigenvalue weighted by Crippen LogP contribution is 2.31. The van der Waals surface area contributed by atoms with E-state index in [4.69, 9.17) is 9.47 Å². The Morgan fingerprint density at radius 2 is 1.82 bits per heavy atom. The first kappa shape index (κ1) is 19.7. The van der Waals surface area contributed by atoms with Gasteiger partial charge in [-0.3, -0.25) is 4.79 Å². The van der Waals surface area contributed by atoms with Crippen LogP contribution in [0.1, 0.15) is 5.56 Å². The van der Waals surface area contributed by atoms with Crippen LogP contribution < -0.4 is 19.7 Å². The number of thiazole rings is 1. The molecule has 3 rings (SSSR count). The molecule has 146 valence electrons. The summed E-state index contributed by atoms with van der Waals surface area (Å²) in [5, 5.41) is 5.39. The van der Waals surface area contributed by atoms with Crippen molar-refractivity contribution in [3.05, 3.63) is 53.4 Å². The number of likely N-dealkylation sites (N-methyl/N-ethyl adjacent to an activating group) is 1. The second-order valence-electron chi connectivity index (χ2n) is 6.35. The van der Waals surface area contributed by atoms with Crippen LogP contribution in [0.3, 0.4) is 0 Å². The number of carbonyl (C=O) groups is 1. The number of hydrogen-bond acceptors (Lipinski definition) is 6. The highest BCUT2D eigenvalue weighted by molar-refractivity contribution is 7.14. The number of aryl methyl sites for hydroxylation is 1. The minimum atomic E-state index is -0.137. The number of carbonyl (C=O) groups excluding carboxylic acids is 1. The second kappa shape index (κ2) is 8.75. The van der Waals surface area contributed by atoms with Gasteiger partial charge in [0.15, 0.2) is 16.6 Å². The van der Waals surface area contributed by atoms with Crippen molar-refractivity contribution in [1.82, 2.24) is 4.98 Å². The molecule has 0 atom stereocenters. The SMILES string of the molecule is COc1ccc(N(C)CC(=O)Nc2nc(-c3ccc(C)cc3)cs2)cc1OC. The zero-order valence-corrected chi connectivity index (χ0v) is 17.2.